The maximum Gasteiger partial charge on any atom is 0.469 e. The lowest BCUT2D eigenvalue weighted by atomic mass is 9.92. The second-order valence-electron chi connectivity index (χ2n) is 4.01. The van der Waals surface area contributed by atoms with Gasteiger partial charge in [-0.1, -0.05) is 43.7 Å². The minimum atomic E-state index is -4.33. The van der Waals surface area contributed by atoms with Crippen molar-refractivity contribution < 1.29 is 18.9 Å². The zero-order valence-corrected chi connectivity index (χ0v) is 10.8. The topological polar surface area (TPSA) is 66.8 Å². The van der Waals surface area contributed by atoms with Crippen LogP contribution in [0.15, 0.2) is 30.3 Å². The van der Waals surface area contributed by atoms with Crippen molar-refractivity contribution in [1.29, 1.82) is 0 Å². The molecule has 0 heterocycles. The summed E-state index contributed by atoms with van der Waals surface area (Å²) in [5, 5.41) is 0. The molecular formula is C12H19O4P. The molecule has 1 atom stereocenters. The van der Waals surface area contributed by atoms with Crippen molar-refractivity contribution in [2.45, 2.75) is 32.1 Å². The summed E-state index contributed by atoms with van der Waals surface area (Å²) in [6.45, 7) is 2.18. The van der Waals surface area contributed by atoms with E-state index in [-0.39, 0.29) is 6.61 Å². The number of phosphoric ester groups is 1. The average Bonchev–Trinajstić information content (AvgIpc) is 2.27. The van der Waals surface area contributed by atoms with Gasteiger partial charge in [0, 0.05) is 0 Å². The van der Waals surface area contributed by atoms with Crippen LogP contribution in [0.25, 0.3) is 0 Å². The third-order valence-corrected chi connectivity index (χ3v) is 3.15. The lowest BCUT2D eigenvalue weighted by Crippen LogP contribution is -2.03. The minimum Gasteiger partial charge on any atom is -0.303 e. The highest BCUT2D eigenvalue weighted by Gasteiger charge is 2.16. The number of hydrogen-bond donors (Lipinski definition) is 2. The first-order chi connectivity index (χ1) is 8.03. The van der Waals surface area contributed by atoms with Crippen LogP contribution in [-0.4, -0.2) is 16.4 Å². The van der Waals surface area contributed by atoms with Crippen LogP contribution in [0.5, 0.6) is 0 Å². The largest absolute Gasteiger partial charge is 0.469 e. The predicted molar refractivity (Wildman–Crippen MR) is 66.7 cm³/mol. The van der Waals surface area contributed by atoms with Crippen LogP contribution in [0.3, 0.4) is 0 Å². The predicted octanol–water partition coefficient (Wildman–Crippen LogP) is 3.07. The summed E-state index contributed by atoms with van der Waals surface area (Å²) in [6, 6.07) is 9.98. The van der Waals surface area contributed by atoms with Crippen LogP contribution in [0.2, 0.25) is 0 Å². The van der Waals surface area contributed by atoms with Crippen molar-refractivity contribution >= 4 is 7.82 Å². The molecule has 1 rings (SSSR count). The molecule has 0 aliphatic carbocycles. The Hall–Kier alpha value is -0.670. The van der Waals surface area contributed by atoms with Crippen molar-refractivity contribution in [3.63, 3.8) is 0 Å². The van der Waals surface area contributed by atoms with E-state index in [1.54, 1.807) is 0 Å². The van der Waals surface area contributed by atoms with Gasteiger partial charge >= 0.3 is 7.82 Å². The number of phosphoric acid groups is 1. The highest BCUT2D eigenvalue weighted by atomic mass is 31.2. The smallest absolute Gasteiger partial charge is 0.303 e. The summed E-state index contributed by atoms with van der Waals surface area (Å²) in [5.41, 5.74) is 1.20. The van der Waals surface area contributed by atoms with E-state index >= 15 is 0 Å². The first-order valence-electron chi connectivity index (χ1n) is 5.78. The van der Waals surface area contributed by atoms with E-state index in [9.17, 15) is 4.57 Å². The molecule has 5 heteroatoms. The minimum absolute atomic E-state index is 0.0871. The van der Waals surface area contributed by atoms with Crippen molar-refractivity contribution in [3.8, 4) is 0 Å². The van der Waals surface area contributed by atoms with E-state index in [1.165, 1.54) is 5.56 Å². The van der Waals surface area contributed by atoms with Gasteiger partial charge in [0.05, 0.1) is 6.61 Å². The second-order valence-corrected chi connectivity index (χ2v) is 5.25. The first-order valence-corrected chi connectivity index (χ1v) is 7.31. The molecule has 0 spiro atoms. The van der Waals surface area contributed by atoms with E-state index < -0.39 is 7.82 Å². The zero-order chi connectivity index (χ0) is 12.7. The standard InChI is InChI=1S/C12H19O4P/c1-2-6-11(9-10-16-17(13,14)15)12-7-4-3-5-8-12/h3-5,7-8,11H,2,6,9-10H2,1H3,(H2,13,14,15). The van der Waals surface area contributed by atoms with Crippen LogP contribution in [0.4, 0.5) is 0 Å². The van der Waals surface area contributed by atoms with Crippen LogP contribution in [-0.2, 0) is 9.09 Å². The Bertz CT molecular complexity index is 360. The van der Waals surface area contributed by atoms with Gasteiger partial charge in [-0.2, -0.15) is 0 Å². The summed E-state index contributed by atoms with van der Waals surface area (Å²) in [4.78, 5) is 17.2. The molecule has 0 fully saturated rings. The van der Waals surface area contributed by atoms with Crippen LogP contribution >= 0.6 is 7.82 Å². The van der Waals surface area contributed by atoms with E-state index in [0.717, 1.165) is 12.8 Å². The second kappa shape index (κ2) is 6.92. The normalized spacial score (nSPS) is 13.6. The van der Waals surface area contributed by atoms with Crippen molar-refractivity contribution in [1.82, 2.24) is 0 Å². The molecule has 0 aliphatic heterocycles. The van der Waals surface area contributed by atoms with Gasteiger partial charge in [-0.25, -0.2) is 4.57 Å². The molecule has 1 aromatic rings. The van der Waals surface area contributed by atoms with Gasteiger partial charge in [0.25, 0.3) is 0 Å². The SMILES string of the molecule is CCCC(CCOP(=O)(O)O)c1ccccc1. The lowest BCUT2D eigenvalue weighted by Gasteiger charge is -2.16. The highest BCUT2D eigenvalue weighted by molar-refractivity contribution is 7.46. The molecular weight excluding hydrogens is 239 g/mol. The Morgan fingerprint density at radius 2 is 1.88 bits per heavy atom. The van der Waals surface area contributed by atoms with Gasteiger partial charge in [0.15, 0.2) is 0 Å². The van der Waals surface area contributed by atoms with Crippen LogP contribution in [0.1, 0.15) is 37.7 Å². The van der Waals surface area contributed by atoms with Gasteiger partial charge in [-0.15, -0.1) is 0 Å². The monoisotopic (exact) mass is 258 g/mol. The Balaban J connectivity index is 2.53. The highest BCUT2D eigenvalue weighted by Crippen LogP contribution is 2.37. The van der Waals surface area contributed by atoms with E-state index in [2.05, 4.69) is 11.4 Å². The molecule has 0 bridgehead atoms. The van der Waals surface area contributed by atoms with Gasteiger partial charge in [0.2, 0.25) is 0 Å². The summed E-state index contributed by atoms with van der Waals surface area (Å²) >= 11 is 0. The number of benzene rings is 1. The maximum absolute atomic E-state index is 10.6. The summed E-state index contributed by atoms with van der Waals surface area (Å²) < 4.78 is 15.1. The fraction of sp³-hybridized carbons (Fsp3) is 0.500. The first kappa shape index (κ1) is 14.4. The third kappa shape index (κ3) is 5.99. The summed E-state index contributed by atoms with van der Waals surface area (Å²) in [7, 11) is -4.33. The molecule has 1 unspecified atom stereocenters. The fourth-order valence-corrected chi connectivity index (χ4v) is 2.21. The molecule has 2 N–H and O–H groups in total. The molecule has 1 aromatic carbocycles. The number of rotatable bonds is 7. The molecule has 0 aliphatic rings. The summed E-state index contributed by atoms with van der Waals surface area (Å²) in [6.07, 6.45) is 2.66. The quantitative estimate of drug-likeness (QED) is 0.737. The van der Waals surface area contributed by atoms with Crippen LogP contribution in [0, 0.1) is 0 Å². The fourth-order valence-electron chi connectivity index (χ4n) is 1.87. The van der Waals surface area contributed by atoms with Crippen molar-refractivity contribution in [2.75, 3.05) is 6.61 Å². The van der Waals surface area contributed by atoms with Gasteiger partial charge < -0.3 is 9.79 Å². The van der Waals surface area contributed by atoms with Gasteiger partial charge in [-0.05, 0) is 24.3 Å². The molecule has 0 aromatic heterocycles. The van der Waals surface area contributed by atoms with E-state index in [0.29, 0.717) is 12.3 Å². The molecule has 4 nitrogen and oxygen atoms in total. The van der Waals surface area contributed by atoms with Crippen LogP contribution < -0.4 is 0 Å². The number of hydrogen-bond acceptors (Lipinski definition) is 2. The van der Waals surface area contributed by atoms with E-state index in [4.69, 9.17) is 9.79 Å². The molecule has 0 radical (unpaired) electrons. The summed E-state index contributed by atoms with van der Waals surface area (Å²) in [5.74, 6) is 0.299. The molecule has 17 heavy (non-hydrogen) atoms. The maximum atomic E-state index is 10.6. The Morgan fingerprint density at radius 1 is 1.24 bits per heavy atom. The zero-order valence-electron chi connectivity index (χ0n) is 9.95. The molecule has 0 amide bonds. The lowest BCUT2D eigenvalue weighted by molar-refractivity contribution is 0.190. The van der Waals surface area contributed by atoms with E-state index in [1.807, 2.05) is 30.3 Å². The van der Waals surface area contributed by atoms with Gasteiger partial charge in [-0.3, -0.25) is 4.52 Å². The van der Waals surface area contributed by atoms with Gasteiger partial charge in [0.1, 0.15) is 0 Å². The van der Waals surface area contributed by atoms with Crippen molar-refractivity contribution in [3.05, 3.63) is 35.9 Å². The average molecular weight is 258 g/mol. The molecule has 96 valence electrons. The Kier molecular flexibility index (Phi) is 5.86. The Labute approximate surface area is 102 Å². The third-order valence-electron chi connectivity index (χ3n) is 2.63. The Morgan fingerprint density at radius 3 is 2.41 bits per heavy atom. The molecule has 0 saturated heterocycles. The molecule has 0 saturated carbocycles. The van der Waals surface area contributed by atoms with Crippen molar-refractivity contribution in [2.24, 2.45) is 0 Å².